The van der Waals surface area contributed by atoms with Crippen molar-refractivity contribution in [3.63, 3.8) is 0 Å². The summed E-state index contributed by atoms with van der Waals surface area (Å²) in [5, 5.41) is 9.08. The second-order valence-electron chi connectivity index (χ2n) is 7.01. The van der Waals surface area contributed by atoms with Gasteiger partial charge in [0.05, 0.1) is 11.3 Å². The lowest BCUT2D eigenvalue weighted by molar-refractivity contribution is 0.0586. The molecule has 27 heavy (non-hydrogen) atoms. The summed E-state index contributed by atoms with van der Waals surface area (Å²) >= 11 is 0. The zero-order chi connectivity index (χ0) is 19.6. The van der Waals surface area contributed by atoms with Crippen LogP contribution in [0.4, 0.5) is 0 Å². The lowest BCUT2D eigenvalue weighted by atomic mass is 10.1. The molecular formula is C21H24N2O4. The quantitative estimate of drug-likeness (QED) is 0.895. The third kappa shape index (κ3) is 4.27. The summed E-state index contributed by atoms with van der Waals surface area (Å²) < 4.78 is 6.14. The molecular weight excluding hydrogens is 344 g/mol. The maximum atomic E-state index is 12.7. The number of amides is 1. The van der Waals surface area contributed by atoms with Gasteiger partial charge in [0.25, 0.3) is 5.91 Å². The molecule has 3 rings (SSSR count). The topological polar surface area (TPSA) is 79.7 Å². The number of hydrogen-bond donors (Lipinski definition) is 1. The molecule has 1 N–H and O–H groups in total. The van der Waals surface area contributed by atoms with Crippen molar-refractivity contribution in [3.8, 4) is 5.75 Å². The number of rotatable bonds is 4. The number of aromatic carboxylic acids is 1. The summed E-state index contributed by atoms with van der Waals surface area (Å²) in [5.41, 5.74) is 3.02. The summed E-state index contributed by atoms with van der Waals surface area (Å²) in [6, 6.07) is 9.08. The summed E-state index contributed by atoms with van der Waals surface area (Å²) in [6.07, 6.45) is 1.59. The van der Waals surface area contributed by atoms with Gasteiger partial charge in [0.15, 0.2) is 0 Å². The molecule has 2 heterocycles. The third-order valence-electron chi connectivity index (χ3n) is 4.90. The number of carbonyl (C=O) groups excluding carboxylic acids is 1. The third-order valence-corrected chi connectivity index (χ3v) is 4.90. The number of carbonyl (C=O) groups is 2. The van der Waals surface area contributed by atoms with Gasteiger partial charge in [-0.2, -0.15) is 0 Å². The number of pyridine rings is 1. The molecule has 0 saturated carbocycles. The van der Waals surface area contributed by atoms with Crippen LogP contribution in [0.25, 0.3) is 0 Å². The number of likely N-dealkylation sites (tertiary alicyclic amines) is 1. The Balaban J connectivity index is 1.62. The van der Waals surface area contributed by atoms with E-state index in [2.05, 4.69) is 17.1 Å². The number of ether oxygens (including phenoxy) is 1. The predicted octanol–water partition coefficient (Wildman–Crippen LogP) is 3.39. The summed E-state index contributed by atoms with van der Waals surface area (Å²) in [4.78, 5) is 29.7. The molecule has 1 aromatic heterocycles. The van der Waals surface area contributed by atoms with Crippen molar-refractivity contribution in [3.05, 3.63) is 58.4 Å². The standard InChI is InChI=1S/C21H24N2O4/c1-13-4-5-14(2)19(12-13)27-16-8-10-23(11-9-16)20(24)18-7-6-17(21(25)26)15(3)22-18/h4-7,12,16H,8-11H2,1-3H3,(H,25,26). The summed E-state index contributed by atoms with van der Waals surface area (Å²) in [5.74, 6) is -0.301. The Labute approximate surface area is 158 Å². The first-order chi connectivity index (χ1) is 12.8. The number of hydrogen-bond acceptors (Lipinski definition) is 4. The molecule has 1 aliphatic rings. The van der Waals surface area contributed by atoms with Crippen molar-refractivity contribution < 1.29 is 19.4 Å². The van der Waals surface area contributed by atoms with Crippen molar-refractivity contribution in [2.75, 3.05) is 13.1 Å². The molecule has 0 radical (unpaired) electrons. The Kier molecular flexibility index (Phi) is 5.44. The Morgan fingerprint density at radius 1 is 1.11 bits per heavy atom. The molecule has 0 spiro atoms. The van der Waals surface area contributed by atoms with Gasteiger partial charge in [-0.15, -0.1) is 0 Å². The molecule has 1 fully saturated rings. The first-order valence-electron chi connectivity index (χ1n) is 9.09. The second-order valence-corrected chi connectivity index (χ2v) is 7.01. The monoisotopic (exact) mass is 368 g/mol. The fraction of sp³-hybridized carbons (Fsp3) is 0.381. The van der Waals surface area contributed by atoms with E-state index in [1.165, 1.54) is 12.1 Å². The van der Waals surface area contributed by atoms with Gasteiger partial charge >= 0.3 is 5.97 Å². The number of aromatic nitrogens is 1. The van der Waals surface area contributed by atoms with Crippen LogP contribution in [-0.2, 0) is 0 Å². The van der Waals surface area contributed by atoms with Crippen molar-refractivity contribution in [2.45, 2.75) is 39.7 Å². The number of carboxylic acids is 1. The average molecular weight is 368 g/mol. The van der Waals surface area contributed by atoms with E-state index in [-0.39, 0.29) is 23.3 Å². The summed E-state index contributed by atoms with van der Waals surface area (Å²) in [7, 11) is 0. The summed E-state index contributed by atoms with van der Waals surface area (Å²) in [6.45, 7) is 6.86. The molecule has 0 atom stereocenters. The van der Waals surface area contributed by atoms with E-state index in [1.54, 1.807) is 11.8 Å². The highest BCUT2D eigenvalue weighted by Gasteiger charge is 2.26. The molecule has 0 unspecified atom stereocenters. The molecule has 6 heteroatoms. The normalized spacial score (nSPS) is 14.9. The van der Waals surface area contributed by atoms with Crippen LogP contribution in [-0.4, -0.2) is 46.1 Å². The van der Waals surface area contributed by atoms with Crippen LogP contribution >= 0.6 is 0 Å². The van der Waals surface area contributed by atoms with Crippen molar-refractivity contribution in [1.29, 1.82) is 0 Å². The van der Waals surface area contributed by atoms with Gasteiger partial charge in [0.1, 0.15) is 17.5 Å². The van der Waals surface area contributed by atoms with Crippen LogP contribution in [0.1, 0.15) is 50.5 Å². The highest BCUT2D eigenvalue weighted by molar-refractivity contribution is 5.94. The molecule has 6 nitrogen and oxygen atoms in total. The van der Waals surface area contributed by atoms with Gasteiger partial charge in [-0.25, -0.2) is 9.78 Å². The fourth-order valence-electron chi connectivity index (χ4n) is 3.26. The number of carboxylic acid groups (broad SMARTS) is 1. The molecule has 2 aromatic rings. The van der Waals surface area contributed by atoms with Crippen molar-refractivity contribution >= 4 is 11.9 Å². The lowest BCUT2D eigenvalue weighted by Gasteiger charge is -2.32. The van der Waals surface area contributed by atoms with E-state index < -0.39 is 5.97 Å². The first kappa shape index (κ1) is 18.9. The zero-order valence-electron chi connectivity index (χ0n) is 15.9. The van der Waals surface area contributed by atoms with E-state index in [1.807, 2.05) is 19.9 Å². The lowest BCUT2D eigenvalue weighted by Crippen LogP contribution is -2.42. The van der Waals surface area contributed by atoms with Gasteiger partial charge in [-0.3, -0.25) is 4.79 Å². The number of nitrogens with zero attached hydrogens (tertiary/aromatic N) is 2. The average Bonchev–Trinajstić information content (AvgIpc) is 2.64. The minimum atomic E-state index is -1.04. The SMILES string of the molecule is Cc1ccc(C)c(OC2CCN(C(=O)c3ccc(C(=O)O)c(C)n3)CC2)c1. The van der Waals surface area contributed by atoms with Crippen LogP contribution in [0.3, 0.4) is 0 Å². The van der Waals surface area contributed by atoms with Gasteiger partial charge in [-0.1, -0.05) is 12.1 Å². The van der Waals surface area contributed by atoms with Crippen LogP contribution in [0.2, 0.25) is 0 Å². The molecule has 1 saturated heterocycles. The first-order valence-corrected chi connectivity index (χ1v) is 9.09. The van der Waals surface area contributed by atoms with E-state index >= 15 is 0 Å². The molecule has 142 valence electrons. The number of benzene rings is 1. The van der Waals surface area contributed by atoms with E-state index in [4.69, 9.17) is 9.84 Å². The Morgan fingerprint density at radius 3 is 2.44 bits per heavy atom. The van der Waals surface area contributed by atoms with E-state index in [9.17, 15) is 9.59 Å². The van der Waals surface area contributed by atoms with Gasteiger partial charge in [0, 0.05) is 25.9 Å². The minimum Gasteiger partial charge on any atom is -0.490 e. The van der Waals surface area contributed by atoms with Crippen LogP contribution in [0, 0.1) is 20.8 Å². The van der Waals surface area contributed by atoms with Crippen LogP contribution < -0.4 is 4.74 Å². The van der Waals surface area contributed by atoms with Gasteiger partial charge in [0.2, 0.25) is 0 Å². The molecule has 1 aliphatic heterocycles. The zero-order valence-corrected chi connectivity index (χ0v) is 15.9. The maximum absolute atomic E-state index is 12.7. The molecule has 1 amide bonds. The molecule has 0 aliphatic carbocycles. The van der Waals surface area contributed by atoms with Crippen LogP contribution in [0.15, 0.2) is 30.3 Å². The van der Waals surface area contributed by atoms with Gasteiger partial charge in [-0.05, 0) is 50.1 Å². The predicted molar refractivity (Wildman–Crippen MR) is 101 cm³/mol. The molecule has 0 bridgehead atoms. The van der Waals surface area contributed by atoms with Gasteiger partial charge < -0.3 is 14.7 Å². The highest BCUT2D eigenvalue weighted by atomic mass is 16.5. The molecule has 1 aromatic carbocycles. The Hall–Kier alpha value is -2.89. The van der Waals surface area contributed by atoms with E-state index in [0.29, 0.717) is 18.8 Å². The largest absolute Gasteiger partial charge is 0.490 e. The van der Waals surface area contributed by atoms with Crippen molar-refractivity contribution in [2.24, 2.45) is 0 Å². The van der Waals surface area contributed by atoms with E-state index in [0.717, 1.165) is 29.7 Å². The fourth-order valence-corrected chi connectivity index (χ4v) is 3.26. The van der Waals surface area contributed by atoms with Crippen molar-refractivity contribution in [1.82, 2.24) is 9.88 Å². The Bertz CT molecular complexity index is 870. The van der Waals surface area contributed by atoms with Crippen LogP contribution in [0.5, 0.6) is 5.75 Å². The highest BCUT2D eigenvalue weighted by Crippen LogP contribution is 2.24. The second kappa shape index (κ2) is 7.78. The number of aryl methyl sites for hydroxylation is 3. The number of piperidine rings is 1. The smallest absolute Gasteiger partial charge is 0.337 e. The maximum Gasteiger partial charge on any atom is 0.337 e. The minimum absolute atomic E-state index is 0.0821. The Morgan fingerprint density at radius 2 is 1.81 bits per heavy atom.